The number of ether oxygens (including phenoxy) is 1. The molecule has 0 saturated carbocycles. The molecule has 1 aromatic carbocycles. The number of hydrogen-bond donors (Lipinski definition) is 1. The Hall–Kier alpha value is -2.46. The smallest absolute Gasteiger partial charge is 0.327 e. The van der Waals surface area contributed by atoms with Crippen molar-refractivity contribution in [3.8, 4) is 0 Å². The van der Waals surface area contributed by atoms with E-state index in [-0.39, 0.29) is 36.3 Å². The Bertz CT molecular complexity index is 821. The number of carbonyl (C=O) groups excluding carboxylic acids is 6. The molecule has 0 fully saturated rings. The molecular weight excluding hydrogens is 478 g/mol. The van der Waals surface area contributed by atoms with Crippen LogP contribution in [0.15, 0.2) is 24.3 Å². The molecule has 0 saturated heterocycles. The lowest BCUT2D eigenvalue weighted by Crippen LogP contribution is -2.24. The number of benzene rings is 1. The number of Topliss-reactive ketones (excluding diaryl/α,β-unsaturated/α-hetero) is 3. The van der Waals surface area contributed by atoms with Crippen molar-refractivity contribution >= 4 is 57.1 Å². The van der Waals surface area contributed by atoms with Crippen molar-refractivity contribution in [2.45, 2.75) is 64.0 Å². The van der Waals surface area contributed by atoms with Gasteiger partial charge in [-0.05, 0) is 30.2 Å². The third-order valence-corrected chi connectivity index (χ3v) is 6.26. The summed E-state index contributed by atoms with van der Waals surface area (Å²) >= 11 is 0. The number of hydrogen-bond acceptors (Lipinski definition) is 9. The van der Waals surface area contributed by atoms with Crippen LogP contribution < -0.4 is 5.73 Å². The van der Waals surface area contributed by atoms with E-state index in [4.69, 9.17) is 4.74 Å². The van der Waals surface area contributed by atoms with Crippen LogP contribution in [-0.4, -0.2) is 53.6 Å². The summed E-state index contributed by atoms with van der Waals surface area (Å²) < 4.78 is 4.91. The molecule has 1 aromatic rings. The van der Waals surface area contributed by atoms with Crippen LogP contribution in [-0.2, 0) is 46.3 Å². The highest BCUT2D eigenvalue weighted by Crippen LogP contribution is 2.23. The van der Waals surface area contributed by atoms with E-state index in [1.807, 2.05) is 31.2 Å². The molecule has 1 unspecified atom stereocenters. The Kier molecular flexibility index (Phi) is 17.5. The fraction of sp³-hybridized carbons (Fsp3) is 0.500. The maximum absolute atomic E-state index is 12.0. The summed E-state index contributed by atoms with van der Waals surface area (Å²) in [5.74, 6) is -0.971. The molecule has 1 atom stereocenters. The van der Waals surface area contributed by atoms with E-state index in [1.54, 1.807) is 6.26 Å². The molecule has 0 aliphatic heterocycles. The molecule has 34 heavy (non-hydrogen) atoms. The predicted octanol–water partition coefficient (Wildman–Crippen LogP) is 3.06. The van der Waals surface area contributed by atoms with E-state index in [0.29, 0.717) is 44.8 Å². The van der Waals surface area contributed by atoms with E-state index >= 15 is 0 Å². The van der Waals surface area contributed by atoms with Crippen molar-refractivity contribution in [3.05, 3.63) is 35.4 Å². The number of carbonyl (C=O) groups is 6. The first-order chi connectivity index (χ1) is 16.1. The van der Waals surface area contributed by atoms with Crippen LogP contribution in [0.25, 0.3) is 0 Å². The van der Waals surface area contributed by atoms with Gasteiger partial charge in [0.2, 0.25) is 5.91 Å². The van der Waals surface area contributed by atoms with Crippen LogP contribution in [0.2, 0.25) is 0 Å². The summed E-state index contributed by atoms with van der Waals surface area (Å²) in [6.07, 6.45) is 5.44. The van der Waals surface area contributed by atoms with Gasteiger partial charge in [-0.25, -0.2) is 0 Å². The molecular formula is C24H33NO7S2. The Balaban J connectivity index is 0.00000251. The fourth-order valence-corrected chi connectivity index (χ4v) is 4.02. The van der Waals surface area contributed by atoms with Crippen molar-refractivity contribution in [1.82, 2.24) is 0 Å². The minimum atomic E-state index is -0.929. The quantitative estimate of drug-likeness (QED) is 0.154. The van der Waals surface area contributed by atoms with Gasteiger partial charge in [0.15, 0.2) is 11.0 Å². The van der Waals surface area contributed by atoms with Gasteiger partial charge in [-0.15, -0.1) is 0 Å². The molecule has 1 amide bonds. The molecule has 0 radical (unpaired) electrons. The van der Waals surface area contributed by atoms with Crippen molar-refractivity contribution in [2.24, 2.45) is 5.73 Å². The molecule has 0 spiro atoms. The fourth-order valence-electron chi connectivity index (χ4n) is 2.63. The van der Waals surface area contributed by atoms with Crippen LogP contribution >= 0.6 is 21.6 Å². The number of rotatable bonds is 16. The highest BCUT2D eigenvalue weighted by Gasteiger charge is 2.20. The first-order valence-corrected chi connectivity index (χ1v) is 13.4. The van der Waals surface area contributed by atoms with Gasteiger partial charge in [-0.1, -0.05) is 52.8 Å². The van der Waals surface area contributed by atoms with Crippen molar-refractivity contribution in [2.75, 3.05) is 12.9 Å². The van der Waals surface area contributed by atoms with E-state index in [1.165, 1.54) is 17.7 Å². The standard InChI is InChI=1S/C22H28O6S2.C2H5NO/c1-3-18(24)5-4-6-19(25)12-11-16-7-9-17(10-8-16)13-20(26)15-28-22(27)21(14-23)30-29-2;1-2(3)4/h7-10,14,21H,3-6,11-13,15H2,1-2H3;1H3,(H2,3,4). The number of aldehydes is 1. The van der Waals surface area contributed by atoms with E-state index in [0.717, 1.165) is 21.9 Å². The van der Waals surface area contributed by atoms with Gasteiger partial charge in [0.25, 0.3) is 0 Å². The number of aryl methyl sites for hydroxylation is 1. The molecule has 10 heteroatoms. The zero-order valence-electron chi connectivity index (χ0n) is 19.9. The number of amides is 1. The van der Waals surface area contributed by atoms with Gasteiger partial charge in [0.05, 0.1) is 0 Å². The summed E-state index contributed by atoms with van der Waals surface area (Å²) in [6.45, 7) is 2.76. The van der Waals surface area contributed by atoms with Gasteiger partial charge in [0, 0.05) is 39.0 Å². The van der Waals surface area contributed by atoms with Crippen molar-refractivity contribution in [1.29, 1.82) is 0 Å². The van der Waals surface area contributed by atoms with Gasteiger partial charge in [-0.2, -0.15) is 0 Å². The lowest BCUT2D eigenvalue weighted by molar-refractivity contribution is -0.147. The number of ketones is 3. The highest BCUT2D eigenvalue weighted by molar-refractivity contribution is 8.77. The molecule has 0 heterocycles. The molecule has 1 rings (SSSR count). The molecule has 0 aliphatic carbocycles. The number of primary amides is 1. The second-order valence-corrected chi connectivity index (χ2v) is 9.97. The topological polar surface area (TPSA) is 138 Å². The largest absolute Gasteiger partial charge is 0.456 e. The second kappa shape index (κ2) is 18.9. The van der Waals surface area contributed by atoms with Gasteiger partial charge >= 0.3 is 5.97 Å². The number of esters is 1. The Morgan fingerprint density at radius 2 is 1.53 bits per heavy atom. The van der Waals surface area contributed by atoms with Crippen LogP contribution in [0.5, 0.6) is 0 Å². The van der Waals surface area contributed by atoms with E-state index in [9.17, 15) is 28.8 Å². The molecule has 8 nitrogen and oxygen atoms in total. The minimum absolute atomic E-state index is 0.124. The van der Waals surface area contributed by atoms with Crippen LogP contribution in [0.3, 0.4) is 0 Å². The Morgan fingerprint density at radius 3 is 2.06 bits per heavy atom. The summed E-state index contributed by atoms with van der Waals surface area (Å²) in [4.78, 5) is 67.0. The van der Waals surface area contributed by atoms with Gasteiger partial charge < -0.3 is 15.3 Å². The van der Waals surface area contributed by atoms with Crippen LogP contribution in [0, 0.1) is 0 Å². The van der Waals surface area contributed by atoms with Gasteiger partial charge in [-0.3, -0.25) is 24.0 Å². The summed E-state index contributed by atoms with van der Waals surface area (Å²) in [5.41, 5.74) is 6.26. The average molecular weight is 512 g/mol. The second-order valence-electron chi connectivity index (χ2n) is 7.35. The third-order valence-electron chi connectivity index (χ3n) is 4.35. The monoisotopic (exact) mass is 511 g/mol. The Labute approximate surface area is 208 Å². The SMILES string of the molecule is CC(N)=O.CCC(=O)CCCC(=O)CCc1ccc(CC(=O)COC(=O)C(C=O)SSC)cc1. The zero-order chi connectivity index (χ0) is 25.9. The average Bonchev–Trinajstić information content (AvgIpc) is 2.80. The summed E-state index contributed by atoms with van der Waals surface area (Å²) in [5, 5.41) is -0.929. The summed E-state index contributed by atoms with van der Waals surface area (Å²) in [6, 6.07) is 7.38. The first-order valence-electron chi connectivity index (χ1n) is 10.8. The Morgan fingerprint density at radius 1 is 0.971 bits per heavy atom. The van der Waals surface area contributed by atoms with E-state index in [2.05, 4.69) is 5.73 Å². The lowest BCUT2D eigenvalue weighted by Gasteiger charge is -2.08. The van der Waals surface area contributed by atoms with Crippen LogP contribution in [0.4, 0.5) is 0 Å². The molecule has 0 aromatic heterocycles. The van der Waals surface area contributed by atoms with Crippen molar-refractivity contribution in [3.63, 3.8) is 0 Å². The normalized spacial score (nSPS) is 10.9. The van der Waals surface area contributed by atoms with Crippen LogP contribution in [0.1, 0.15) is 57.1 Å². The highest BCUT2D eigenvalue weighted by atomic mass is 33.1. The molecule has 2 N–H and O–H groups in total. The molecule has 188 valence electrons. The predicted molar refractivity (Wildman–Crippen MR) is 134 cm³/mol. The lowest BCUT2D eigenvalue weighted by atomic mass is 10.0. The molecule has 0 bridgehead atoms. The molecule has 0 aliphatic rings. The maximum Gasteiger partial charge on any atom is 0.327 e. The minimum Gasteiger partial charge on any atom is -0.456 e. The van der Waals surface area contributed by atoms with Crippen molar-refractivity contribution < 1.29 is 33.5 Å². The maximum atomic E-state index is 12.0. The first kappa shape index (κ1) is 31.5. The third kappa shape index (κ3) is 16.2. The van der Waals surface area contributed by atoms with Gasteiger partial charge in [0.1, 0.15) is 24.5 Å². The number of nitrogens with two attached hydrogens (primary N) is 1. The van der Waals surface area contributed by atoms with E-state index < -0.39 is 11.2 Å². The zero-order valence-corrected chi connectivity index (χ0v) is 21.5. The summed E-state index contributed by atoms with van der Waals surface area (Å²) in [7, 11) is 2.36.